The lowest BCUT2D eigenvalue weighted by Gasteiger charge is -2.21. The number of fused-ring (bicyclic) bond motifs is 1. The number of carboxylic acid groups (broad SMARTS) is 1. The molecule has 31 heavy (non-hydrogen) atoms. The Morgan fingerprint density at radius 1 is 1.23 bits per heavy atom. The number of likely N-dealkylation sites (tertiary alicyclic amines) is 2. The van der Waals surface area contributed by atoms with Crippen LogP contribution in [0.3, 0.4) is 0 Å². The number of nitrogens with zero attached hydrogens (tertiary/aromatic N) is 4. The Kier molecular flexibility index (Phi) is 6.63. The van der Waals surface area contributed by atoms with E-state index >= 15 is 0 Å². The second-order valence-electron chi connectivity index (χ2n) is 7.67. The molecule has 3 heterocycles. The number of aryl methyl sites for hydroxylation is 1. The summed E-state index contributed by atoms with van der Waals surface area (Å²) in [5.41, 5.74) is 0.855. The number of aliphatic carboxylic acids is 1. The van der Waals surface area contributed by atoms with Crippen LogP contribution >= 0.6 is 0 Å². The fourth-order valence-corrected chi connectivity index (χ4v) is 3.91. The standard InChI is InChI=1S/C18H21FN4O.C2HF3O2/c1-21-6-5-20-17(21)12-22-9-14-10-23(18(24)16(14)11-22)8-13-3-2-4-15(19)7-13;3-2(4,5)1(6)7/h2-7,14,16H,8-12H2,1H3;(H,6,7)/t14-,16-;/m0./s1. The lowest BCUT2D eigenvalue weighted by Crippen LogP contribution is -2.32. The van der Waals surface area contributed by atoms with Crippen molar-refractivity contribution in [2.75, 3.05) is 19.6 Å². The van der Waals surface area contributed by atoms with Gasteiger partial charge in [0.2, 0.25) is 5.91 Å². The summed E-state index contributed by atoms with van der Waals surface area (Å²) >= 11 is 0. The van der Waals surface area contributed by atoms with Crippen molar-refractivity contribution in [3.63, 3.8) is 0 Å². The second-order valence-corrected chi connectivity index (χ2v) is 7.67. The highest BCUT2D eigenvalue weighted by atomic mass is 19.4. The summed E-state index contributed by atoms with van der Waals surface area (Å²) in [6.45, 7) is 3.76. The molecule has 0 spiro atoms. The molecule has 2 aliphatic rings. The first kappa shape index (κ1) is 22.7. The van der Waals surface area contributed by atoms with E-state index in [4.69, 9.17) is 9.90 Å². The third-order valence-electron chi connectivity index (χ3n) is 5.39. The summed E-state index contributed by atoms with van der Waals surface area (Å²) in [5.74, 6) is -1.34. The molecular formula is C20H22F4N4O3. The molecule has 11 heteroatoms. The fraction of sp³-hybridized carbons (Fsp3) is 0.450. The zero-order valence-electron chi connectivity index (χ0n) is 16.7. The van der Waals surface area contributed by atoms with Crippen LogP contribution in [0.2, 0.25) is 0 Å². The Labute approximate surface area is 175 Å². The van der Waals surface area contributed by atoms with Crippen molar-refractivity contribution in [3.05, 3.63) is 53.9 Å². The summed E-state index contributed by atoms with van der Waals surface area (Å²) in [4.78, 5) is 30.1. The zero-order chi connectivity index (χ0) is 22.8. The number of imidazole rings is 1. The van der Waals surface area contributed by atoms with E-state index in [1.54, 1.807) is 12.3 Å². The Morgan fingerprint density at radius 3 is 2.48 bits per heavy atom. The summed E-state index contributed by atoms with van der Waals surface area (Å²) < 4.78 is 47.1. The molecule has 1 aromatic heterocycles. The van der Waals surface area contributed by atoms with E-state index < -0.39 is 12.1 Å². The predicted octanol–water partition coefficient (Wildman–Crippen LogP) is 2.28. The van der Waals surface area contributed by atoms with Gasteiger partial charge in [0, 0.05) is 51.5 Å². The van der Waals surface area contributed by atoms with Crippen molar-refractivity contribution in [2.45, 2.75) is 19.3 Å². The number of carbonyl (C=O) groups excluding carboxylic acids is 1. The summed E-state index contributed by atoms with van der Waals surface area (Å²) in [7, 11) is 1.99. The van der Waals surface area contributed by atoms with Gasteiger partial charge in [0.15, 0.2) is 0 Å². The van der Waals surface area contributed by atoms with Gasteiger partial charge in [0.1, 0.15) is 11.6 Å². The van der Waals surface area contributed by atoms with Gasteiger partial charge in [0.05, 0.1) is 12.5 Å². The number of carbonyl (C=O) groups is 2. The largest absolute Gasteiger partial charge is 0.490 e. The highest BCUT2D eigenvalue weighted by Gasteiger charge is 2.46. The molecule has 4 rings (SSSR count). The van der Waals surface area contributed by atoms with Gasteiger partial charge >= 0.3 is 12.1 Å². The number of hydrogen-bond acceptors (Lipinski definition) is 4. The number of amides is 1. The molecule has 0 bridgehead atoms. The maximum absolute atomic E-state index is 13.3. The van der Waals surface area contributed by atoms with Gasteiger partial charge in [-0.25, -0.2) is 14.2 Å². The number of rotatable bonds is 4. The van der Waals surface area contributed by atoms with Crippen molar-refractivity contribution in [1.82, 2.24) is 19.4 Å². The normalized spacial score (nSPS) is 21.1. The minimum Gasteiger partial charge on any atom is -0.475 e. The van der Waals surface area contributed by atoms with Crippen LogP contribution in [0, 0.1) is 17.7 Å². The van der Waals surface area contributed by atoms with E-state index in [0.717, 1.165) is 37.6 Å². The quantitative estimate of drug-likeness (QED) is 0.736. The van der Waals surface area contributed by atoms with E-state index in [9.17, 15) is 22.4 Å². The third-order valence-corrected chi connectivity index (χ3v) is 5.39. The molecule has 0 aliphatic carbocycles. The van der Waals surface area contributed by atoms with Crippen LogP contribution in [-0.2, 0) is 29.7 Å². The topological polar surface area (TPSA) is 78.7 Å². The molecule has 1 amide bonds. The molecule has 2 atom stereocenters. The highest BCUT2D eigenvalue weighted by Crippen LogP contribution is 2.33. The van der Waals surface area contributed by atoms with Crippen molar-refractivity contribution >= 4 is 11.9 Å². The number of carboxylic acids is 1. The van der Waals surface area contributed by atoms with E-state index in [1.165, 1.54) is 12.1 Å². The lowest BCUT2D eigenvalue weighted by molar-refractivity contribution is -0.192. The average Bonchev–Trinajstić information content (AvgIpc) is 3.33. The summed E-state index contributed by atoms with van der Waals surface area (Å²) in [6.07, 6.45) is -1.34. The van der Waals surface area contributed by atoms with Crippen LogP contribution in [0.25, 0.3) is 0 Å². The minimum absolute atomic E-state index is 0.0684. The zero-order valence-corrected chi connectivity index (χ0v) is 16.7. The predicted molar refractivity (Wildman–Crippen MR) is 101 cm³/mol. The molecule has 0 saturated carbocycles. The van der Waals surface area contributed by atoms with Gasteiger partial charge < -0.3 is 14.6 Å². The first-order chi connectivity index (χ1) is 14.5. The van der Waals surface area contributed by atoms with Crippen molar-refractivity contribution in [2.24, 2.45) is 18.9 Å². The molecule has 1 N–H and O–H groups in total. The number of hydrogen-bond donors (Lipinski definition) is 1. The van der Waals surface area contributed by atoms with Crippen LogP contribution in [0.1, 0.15) is 11.4 Å². The van der Waals surface area contributed by atoms with Gasteiger partial charge in [-0.2, -0.15) is 13.2 Å². The van der Waals surface area contributed by atoms with Gasteiger partial charge in [-0.05, 0) is 17.7 Å². The van der Waals surface area contributed by atoms with Gasteiger partial charge in [0.25, 0.3) is 0 Å². The molecule has 0 radical (unpaired) electrons. The van der Waals surface area contributed by atoms with Gasteiger partial charge in [-0.1, -0.05) is 12.1 Å². The van der Waals surface area contributed by atoms with E-state index in [1.807, 2.05) is 28.8 Å². The monoisotopic (exact) mass is 442 g/mol. The first-order valence-electron chi connectivity index (χ1n) is 9.56. The molecule has 2 saturated heterocycles. The lowest BCUT2D eigenvalue weighted by atomic mass is 10.0. The smallest absolute Gasteiger partial charge is 0.475 e. The number of halogens is 4. The van der Waals surface area contributed by atoms with Crippen LogP contribution < -0.4 is 0 Å². The number of alkyl halides is 3. The second kappa shape index (κ2) is 9.04. The van der Waals surface area contributed by atoms with Crippen LogP contribution in [0.15, 0.2) is 36.7 Å². The SMILES string of the molecule is Cn1ccnc1CN1C[C@H]2CN(Cc3cccc(F)c3)C(=O)[C@H]2C1.O=C(O)C(F)(F)F. The Balaban J connectivity index is 0.000000339. The minimum atomic E-state index is -5.08. The molecule has 0 unspecified atom stereocenters. The van der Waals surface area contributed by atoms with Crippen LogP contribution in [0.5, 0.6) is 0 Å². The molecule has 7 nitrogen and oxygen atoms in total. The number of benzene rings is 1. The third kappa shape index (κ3) is 5.60. The fourth-order valence-electron chi connectivity index (χ4n) is 3.91. The molecular weight excluding hydrogens is 420 g/mol. The Hall–Kier alpha value is -2.95. The van der Waals surface area contributed by atoms with Crippen molar-refractivity contribution in [1.29, 1.82) is 0 Å². The van der Waals surface area contributed by atoms with E-state index in [0.29, 0.717) is 12.5 Å². The molecule has 2 aromatic rings. The maximum Gasteiger partial charge on any atom is 0.490 e. The summed E-state index contributed by atoms with van der Waals surface area (Å²) in [6, 6.07) is 6.51. The highest BCUT2D eigenvalue weighted by molar-refractivity contribution is 5.82. The molecule has 1 aromatic carbocycles. The first-order valence-corrected chi connectivity index (χ1v) is 9.56. The van der Waals surface area contributed by atoms with Crippen molar-refractivity contribution < 1.29 is 32.3 Å². The molecule has 168 valence electrons. The van der Waals surface area contributed by atoms with Crippen molar-refractivity contribution in [3.8, 4) is 0 Å². The van der Waals surface area contributed by atoms with Crippen LogP contribution in [-0.4, -0.2) is 62.1 Å². The summed E-state index contributed by atoms with van der Waals surface area (Å²) in [5, 5.41) is 7.12. The van der Waals surface area contributed by atoms with Gasteiger partial charge in [-0.15, -0.1) is 0 Å². The Bertz CT molecular complexity index is 947. The van der Waals surface area contributed by atoms with Gasteiger partial charge in [-0.3, -0.25) is 9.69 Å². The maximum atomic E-state index is 13.3. The van der Waals surface area contributed by atoms with Crippen LogP contribution in [0.4, 0.5) is 17.6 Å². The Morgan fingerprint density at radius 2 is 1.94 bits per heavy atom. The average molecular weight is 442 g/mol. The number of aromatic nitrogens is 2. The van der Waals surface area contributed by atoms with E-state index in [-0.39, 0.29) is 17.6 Å². The molecule has 2 aliphatic heterocycles. The molecule has 2 fully saturated rings. The van der Waals surface area contributed by atoms with E-state index in [2.05, 4.69) is 9.88 Å².